The fraction of sp³-hybridized carbons (Fsp3) is 0.575. The molecule has 0 saturated carbocycles. The lowest BCUT2D eigenvalue weighted by Crippen LogP contribution is -2.43. The summed E-state index contributed by atoms with van der Waals surface area (Å²) in [5.74, 6) is -0.623. The highest BCUT2D eigenvalue weighted by Crippen LogP contribution is 2.35. The Morgan fingerprint density at radius 2 is 1.60 bits per heavy atom. The van der Waals surface area contributed by atoms with Gasteiger partial charge in [-0.25, -0.2) is 4.79 Å². The van der Waals surface area contributed by atoms with Crippen molar-refractivity contribution in [3.63, 3.8) is 0 Å². The molecule has 1 amide bonds. The van der Waals surface area contributed by atoms with Crippen LogP contribution < -0.4 is 5.32 Å². The predicted octanol–water partition coefficient (Wildman–Crippen LogP) is 8.38. The SMILES string of the molecule is C=C/C=C/C=O.CC(C)(C)C.CCCSSCCOC(=O)OC[C@@H](C(=O)O[C@H]1C[C@](C)(O)CC(C)=C1C)[C@@H](NC(C)=O)c1ccccc1.COC(C)=O. The van der Waals surface area contributed by atoms with Crippen LogP contribution in [0.15, 0.2) is 66.3 Å². The van der Waals surface area contributed by atoms with E-state index in [1.165, 1.54) is 27.0 Å². The molecule has 0 radical (unpaired) electrons. The molecule has 2 N–H and O–H groups in total. The second-order valence-corrected chi connectivity index (χ2v) is 16.7. The fourth-order valence-electron chi connectivity index (χ4n) is 4.25. The average molecular weight is 782 g/mol. The van der Waals surface area contributed by atoms with Gasteiger partial charge < -0.3 is 29.4 Å². The van der Waals surface area contributed by atoms with E-state index in [4.69, 9.17) is 14.2 Å². The Morgan fingerprint density at radius 1 is 1.04 bits per heavy atom. The van der Waals surface area contributed by atoms with E-state index < -0.39 is 35.8 Å². The smallest absolute Gasteiger partial charge is 0.469 e. The van der Waals surface area contributed by atoms with Crippen LogP contribution in [0, 0.1) is 11.3 Å². The molecule has 300 valence electrons. The van der Waals surface area contributed by atoms with Crippen molar-refractivity contribution < 1.29 is 48.0 Å². The highest BCUT2D eigenvalue weighted by atomic mass is 33.1. The molecule has 53 heavy (non-hydrogen) atoms. The van der Waals surface area contributed by atoms with Gasteiger partial charge in [-0.2, -0.15) is 0 Å². The second kappa shape index (κ2) is 28.9. The maximum Gasteiger partial charge on any atom is 0.508 e. The molecule has 0 fully saturated rings. The van der Waals surface area contributed by atoms with Gasteiger partial charge in [0, 0.05) is 31.8 Å². The van der Waals surface area contributed by atoms with Crippen molar-refractivity contribution in [2.24, 2.45) is 11.3 Å². The molecule has 13 heteroatoms. The molecule has 0 spiro atoms. The number of hydrogen-bond donors (Lipinski definition) is 2. The number of amides is 1. The number of carbonyl (C=O) groups excluding carboxylic acids is 5. The zero-order chi connectivity index (χ0) is 41.0. The Hall–Kier alpha value is -3.55. The van der Waals surface area contributed by atoms with Crippen molar-refractivity contribution in [2.45, 2.75) is 106 Å². The van der Waals surface area contributed by atoms with Gasteiger partial charge in [-0.15, -0.1) is 0 Å². The number of hydrogen-bond acceptors (Lipinski definition) is 12. The normalized spacial score (nSPS) is 17.5. The summed E-state index contributed by atoms with van der Waals surface area (Å²) in [5.41, 5.74) is 2.00. The molecule has 0 saturated heterocycles. The van der Waals surface area contributed by atoms with Gasteiger partial charge in [0.1, 0.15) is 31.5 Å². The van der Waals surface area contributed by atoms with Gasteiger partial charge in [0.25, 0.3) is 0 Å². The number of aldehydes is 1. The van der Waals surface area contributed by atoms with E-state index in [2.05, 4.69) is 51.3 Å². The molecule has 4 atom stereocenters. The number of ether oxygens (including phenoxy) is 4. The van der Waals surface area contributed by atoms with Crippen molar-refractivity contribution >= 4 is 51.9 Å². The van der Waals surface area contributed by atoms with Crippen LogP contribution in [0.1, 0.15) is 100 Å². The number of carbonyl (C=O) groups is 5. The Bertz CT molecular complexity index is 1290. The topological polar surface area (TPSA) is 155 Å². The molecule has 1 aromatic carbocycles. The monoisotopic (exact) mass is 781 g/mol. The summed E-state index contributed by atoms with van der Waals surface area (Å²) >= 11 is 0. The van der Waals surface area contributed by atoms with E-state index in [-0.39, 0.29) is 31.5 Å². The summed E-state index contributed by atoms with van der Waals surface area (Å²) in [6.45, 7) is 22.3. The number of allylic oxidation sites excluding steroid dienone is 3. The third-order valence-electron chi connectivity index (χ3n) is 6.66. The van der Waals surface area contributed by atoms with Crippen molar-refractivity contribution in [2.75, 3.05) is 31.8 Å². The van der Waals surface area contributed by atoms with Gasteiger partial charge in [0.15, 0.2) is 0 Å². The maximum atomic E-state index is 13.5. The summed E-state index contributed by atoms with van der Waals surface area (Å²) in [6, 6.07) is 8.19. The second-order valence-electron chi connectivity index (χ2n) is 14.0. The van der Waals surface area contributed by atoms with E-state index in [0.29, 0.717) is 29.4 Å². The van der Waals surface area contributed by atoms with Crippen molar-refractivity contribution in [3.8, 4) is 0 Å². The number of esters is 2. The van der Waals surface area contributed by atoms with Crippen LogP contribution in [0.5, 0.6) is 0 Å². The minimum Gasteiger partial charge on any atom is -0.469 e. The number of benzene rings is 1. The number of rotatable bonds is 15. The molecule has 11 nitrogen and oxygen atoms in total. The zero-order valence-corrected chi connectivity index (χ0v) is 35.2. The third-order valence-corrected chi connectivity index (χ3v) is 9.23. The van der Waals surface area contributed by atoms with E-state index in [1.54, 1.807) is 64.9 Å². The minimum atomic E-state index is -1.03. The van der Waals surface area contributed by atoms with E-state index >= 15 is 0 Å². The highest BCUT2D eigenvalue weighted by Gasteiger charge is 2.39. The summed E-state index contributed by atoms with van der Waals surface area (Å²) in [6.07, 6.45) is 5.52. The van der Waals surface area contributed by atoms with Crippen LogP contribution in [-0.4, -0.2) is 78.9 Å². The molecule has 0 bridgehead atoms. The van der Waals surface area contributed by atoms with Crippen molar-refractivity contribution in [1.82, 2.24) is 5.32 Å². The van der Waals surface area contributed by atoms with Crippen molar-refractivity contribution in [1.29, 1.82) is 0 Å². The Balaban J connectivity index is 0. The van der Waals surface area contributed by atoms with Crippen LogP contribution >= 0.6 is 21.6 Å². The van der Waals surface area contributed by atoms with Gasteiger partial charge in [0.2, 0.25) is 5.91 Å². The van der Waals surface area contributed by atoms with Crippen LogP contribution in [-0.2, 0) is 38.1 Å². The maximum absolute atomic E-state index is 13.5. The van der Waals surface area contributed by atoms with Crippen molar-refractivity contribution in [3.05, 3.63) is 71.8 Å². The summed E-state index contributed by atoms with van der Waals surface area (Å²) in [7, 11) is 4.68. The molecule has 0 unspecified atom stereocenters. The van der Waals surface area contributed by atoms with Crippen LogP contribution in [0.4, 0.5) is 4.79 Å². The molecular weight excluding hydrogens is 719 g/mol. The lowest BCUT2D eigenvalue weighted by Gasteiger charge is -2.36. The molecule has 1 aliphatic rings. The Morgan fingerprint density at radius 3 is 2.08 bits per heavy atom. The quantitative estimate of drug-likeness (QED) is 0.0257. The van der Waals surface area contributed by atoms with E-state index in [1.807, 2.05) is 19.9 Å². The zero-order valence-electron chi connectivity index (χ0n) is 33.5. The highest BCUT2D eigenvalue weighted by molar-refractivity contribution is 8.76. The van der Waals surface area contributed by atoms with Gasteiger partial charge in [-0.3, -0.25) is 19.2 Å². The number of aliphatic hydroxyl groups is 1. The molecule has 2 rings (SSSR count). The van der Waals surface area contributed by atoms with Crippen LogP contribution in [0.25, 0.3) is 0 Å². The molecular formula is C40H63NO10S2. The molecule has 0 heterocycles. The first kappa shape index (κ1) is 51.6. The predicted molar refractivity (Wildman–Crippen MR) is 215 cm³/mol. The fourth-order valence-corrected chi connectivity index (χ4v) is 6.21. The minimum absolute atomic E-state index is 0.184. The van der Waals surface area contributed by atoms with Crippen LogP contribution in [0.3, 0.4) is 0 Å². The largest absolute Gasteiger partial charge is 0.508 e. The molecule has 1 aliphatic carbocycles. The third kappa shape index (κ3) is 28.6. The van der Waals surface area contributed by atoms with Gasteiger partial charge in [0.05, 0.1) is 18.8 Å². The van der Waals surface area contributed by atoms with E-state index in [9.17, 15) is 29.1 Å². The summed E-state index contributed by atoms with van der Waals surface area (Å²) in [4.78, 5) is 56.9. The molecule has 1 aromatic rings. The number of nitrogens with one attached hydrogen (secondary N) is 1. The number of methoxy groups -OCH3 is 1. The van der Waals surface area contributed by atoms with E-state index in [0.717, 1.165) is 23.3 Å². The summed E-state index contributed by atoms with van der Waals surface area (Å²) < 4.78 is 20.5. The van der Waals surface area contributed by atoms with Gasteiger partial charge in [-0.1, -0.05) is 111 Å². The molecule has 0 aromatic heterocycles. The average Bonchev–Trinajstić information content (AvgIpc) is 3.07. The first-order chi connectivity index (χ1) is 24.7. The van der Waals surface area contributed by atoms with Gasteiger partial charge in [-0.05, 0) is 56.2 Å². The first-order valence-corrected chi connectivity index (χ1v) is 19.9. The standard InChI is InChI=1S/C27H39NO7S2.C5H6O.C5H12.C3H6O2/c1-6-13-36-37-14-12-33-26(31)34-17-22(24(28-20(4)29)21-10-8-7-9-11-21)25(30)35-23-16-27(5,32)15-18(2)19(23)3;1-2-3-4-5-6;1-5(2,3)4;1-3(4)5-2/h7-11,22-24,32H,6,12-17H2,1-5H3,(H,28,29);2-5H,1H2;1-4H3;1-2H3/b;4-3+;;/t22-,23+,24+,27-;;;/m1.../s1. The Kier molecular flexibility index (Phi) is 28.1. The van der Waals surface area contributed by atoms with Crippen LogP contribution in [0.2, 0.25) is 0 Å². The lowest BCUT2D eigenvalue weighted by atomic mass is 9.81. The lowest BCUT2D eigenvalue weighted by molar-refractivity contribution is -0.158. The molecule has 0 aliphatic heterocycles. The van der Waals surface area contributed by atoms with Gasteiger partial charge >= 0.3 is 18.1 Å². The Labute approximate surface area is 325 Å². The summed E-state index contributed by atoms with van der Waals surface area (Å²) in [5, 5.41) is 13.5. The first-order valence-electron chi connectivity index (χ1n) is 17.4.